The molecule has 16 heavy (non-hydrogen) atoms. The van der Waals surface area contributed by atoms with Crippen LogP contribution in [0.4, 0.5) is 0 Å². The minimum absolute atomic E-state index is 0.371. The van der Waals surface area contributed by atoms with Gasteiger partial charge in [-0.3, -0.25) is 0 Å². The van der Waals surface area contributed by atoms with E-state index in [-0.39, 0.29) is 0 Å². The molecule has 92 valence electrons. The number of hydrogen-bond donors (Lipinski definition) is 2. The fourth-order valence-corrected chi connectivity index (χ4v) is 4.08. The van der Waals surface area contributed by atoms with Crippen LogP contribution in [0.3, 0.4) is 0 Å². The number of nitrogens with one attached hydrogen (secondary N) is 1. The fraction of sp³-hybridized carbons (Fsp3) is 1.00. The SMILES string of the molecule is OCCC1(CNCC2CC3CCC2C3)CC1. The molecule has 0 aromatic rings. The Morgan fingerprint density at radius 2 is 2.06 bits per heavy atom. The van der Waals surface area contributed by atoms with Crippen molar-refractivity contribution in [2.24, 2.45) is 23.2 Å². The van der Waals surface area contributed by atoms with Crippen LogP contribution in [0.25, 0.3) is 0 Å². The topological polar surface area (TPSA) is 32.3 Å². The average molecular weight is 223 g/mol. The molecule has 3 aliphatic carbocycles. The Morgan fingerprint density at radius 1 is 1.19 bits per heavy atom. The molecule has 2 heteroatoms. The molecule has 0 heterocycles. The van der Waals surface area contributed by atoms with Crippen molar-refractivity contribution in [3.8, 4) is 0 Å². The normalized spacial score (nSPS) is 39.2. The number of hydrogen-bond acceptors (Lipinski definition) is 2. The molecule has 3 aliphatic rings. The molecule has 0 aliphatic heterocycles. The Kier molecular flexibility index (Phi) is 2.97. The van der Waals surface area contributed by atoms with Crippen molar-refractivity contribution < 1.29 is 5.11 Å². The van der Waals surface area contributed by atoms with Crippen LogP contribution in [0, 0.1) is 23.2 Å². The van der Waals surface area contributed by atoms with Gasteiger partial charge in [0, 0.05) is 13.2 Å². The first-order valence-corrected chi connectivity index (χ1v) is 7.13. The van der Waals surface area contributed by atoms with Gasteiger partial charge in [-0.2, -0.15) is 0 Å². The molecule has 0 amide bonds. The maximum atomic E-state index is 9.01. The van der Waals surface area contributed by atoms with Gasteiger partial charge in [-0.25, -0.2) is 0 Å². The maximum absolute atomic E-state index is 9.01. The van der Waals surface area contributed by atoms with Crippen LogP contribution in [-0.4, -0.2) is 24.8 Å². The standard InChI is InChI=1S/C14H25NO/c16-6-5-14(3-4-14)10-15-9-13-8-11-1-2-12(13)7-11/h11-13,15-16H,1-10H2. The molecule has 3 rings (SSSR count). The summed E-state index contributed by atoms with van der Waals surface area (Å²) in [5, 5.41) is 12.7. The van der Waals surface area contributed by atoms with E-state index >= 15 is 0 Å². The van der Waals surface area contributed by atoms with Crippen molar-refractivity contribution in [3.05, 3.63) is 0 Å². The summed E-state index contributed by atoms with van der Waals surface area (Å²) in [6.07, 6.45) is 9.69. The van der Waals surface area contributed by atoms with Gasteiger partial charge in [0.25, 0.3) is 0 Å². The van der Waals surface area contributed by atoms with Crippen LogP contribution in [0.5, 0.6) is 0 Å². The second-order valence-electron chi connectivity index (χ2n) is 6.54. The molecule has 3 saturated carbocycles. The zero-order valence-corrected chi connectivity index (χ0v) is 10.3. The Labute approximate surface area is 98.8 Å². The van der Waals surface area contributed by atoms with Crippen molar-refractivity contribution in [2.45, 2.75) is 44.9 Å². The lowest BCUT2D eigenvalue weighted by molar-refractivity contribution is 0.239. The van der Waals surface area contributed by atoms with E-state index < -0.39 is 0 Å². The van der Waals surface area contributed by atoms with E-state index in [0.29, 0.717) is 12.0 Å². The third-order valence-electron chi connectivity index (χ3n) is 5.39. The maximum Gasteiger partial charge on any atom is 0.0436 e. The first-order valence-electron chi connectivity index (χ1n) is 7.13. The van der Waals surface area contributed by atoms with E-state index in [2.05, 4.69) is 5.32 Å². The first kappa shape index (κ1) is 11.0. The van der Waals surface area contributed by atoms with Crippen molar-refractivity contribution in [1.82, 2.24) is 5.32 Å². The zero-order valence-electron chi connectivity index (χ0n) is 10.3. The highest BCUT2D eigenvalue weighted by Gasteiger charge is 2.42. The predicted molar refractivity (Wildman–Crippen MR) is 65.2 cm³/mol. The predicted octanol–water partition coefficient (Wildman–Crippen LogP) is 2.17. The molecule has 2 N–H and O–H groups in total. The van der Waals surface area contributed by atoms with Crippen LogP contribution >= 0.6 is 0 Å². The summed E-state index contributed by atoms with van der Waals surface area (Å²) in [5.74, 6) is 3.10. The van der Waals surface area contributed by atoms with E-state index in [1.54, 1.807) is 0 Å². The summed E-state index contributed by atoms with van der Waals surface area (Å²) >= 11 is 0. The van der Waals surface area contributed by atoms with Gasteiger partial charge >= 0.3 is 0 Å². The Hall–Kier alpha value is -0.0800. The van der Waals surface area contributed by atoms with Gasteiger partial charge in [0.2, 0.25) is 0 Å². The van der Waals surface area contributed by atoms with Gasteiger partial charge in [0.05, 0.1) is 0 Å². The summed E-state index contributed by atoms with van der Waals surface area (Å²) in [6, 6.07) is 0. The van der Waals surface area contributed by atoms with Crippen LogP contribution in [-0.2, 0) is 0 Å². The Morgan fingerprint density at radius 3 is 2.62 bits per heavy atom. The zero-order chi connectivity index (χ0) is 11.0. The van der Waals surface area contributed by atoms with Crippen LogP contribution in [0.2, 0.25) is 0 Å². The third-order valence-corrected chi connectivity index (χ3v) is 5.39. The molecule has 3 fully saturated rings. The van der Waals surface area contributed by atoms with Gasteiger partial charge in [0.15, 0.2) is 0 Å². The molecule has 0 radical (unpaired) electrons. The summed E-state index contributed by atoms with van der Waals surface area (Å²) in [7, 11) is 0. The number of aliphatic hydroxyl groups excluding tert-OH is 1. The van der Waals surface area contributed by atoms with E-state index in [4.69, 9.17) is 5.11 Å². The van der Waals surface area contributed by atoms with E-state index in [1.807, 2.05) is 0 Å². The van der Waals surface area contributed by atoms with Crippen molar-refractivity contribution in [3.63, 3.8) is 0 Å². The number of fused-ring (bicyclic) bond motifs is 2. The average Bonchev–Trinajstić information content (AvgIpc) is 2.75. The lowest BCUT2D eigenvalue weighted by Crippen LogP contribution is -2.31. The highest BCUT2D eigenvalue weighted by molar-refractivity contribution is 4.96. The molecule has 3 atom stereocenters. The lowest BCUT2D eigenvalue weighted by atomic mass is 9.88. The molecule has 0 spiro atoms. The minimum atomic E-state index is 0.371. The summed E-state index contributed by atoms with van der Waals surface area (Å²) < 4.78 is 0. The van der Waals surface area contributed by atoms with E-state index in [0.717, 1.165) is 30.7 Å². The summed E-state index contributed by atoms with van der Waals surface area (Å²) in [5.41, 5.74) is 0.492. The van der Waals surface area contributed by atoms with Gasteiger partial charge in [0.1, 0.15) is 0 Å². The van der Waals surface area contributed by atoms with Crippen molar-refractivity contribution >= 4 is 0 Å². The molecule has 3 unspecified atom stereocenters. The highest BCUT2D eigenvalue weighted by atomic mass is 16.3. The van der Waals surface area contributed by atoms with Gasteiger partial charge in [-0.1, -0.05) is 6.42 Å². The van der Waals surface area contributed by atoms with E-state index in [9.17, 15) is 0 Å². The first-order chi connectivity index (χ1) is 7.81. The monoisotopic (exact) mass is 223 g/mol. The highest BCUT2D eigenvalue weighted by Crippen LogP contribution is 2.49. The largest absolute Gasteiger partial charge is 0.396 e. The third kappa shape index (κ3) is 2.14. The molecule has 0 saturated heterocycles. The fourth-order valence-electron chi connectivity index (χ4n) is 4.08. The van der Waals surface area contributed by atoms with Crippen LogP contribution < -0.4 is 5.32 Å². The summed E-state index contributed by atoms with van der Waals surface area (Å²) in [4.78, 5) is 0. The lowest BCUT2D eigenvalue weighted by Gasteiger charge is -2.23. The van der Waals surface area contributed by atoms with Gasteiger partial charge < -0.3 is 10.4 Å². The second-order valence-corrected chi connectivity index (χ2v) is 6.54. The Bertz CT molecular complexity index is 249. The number of aliphatic hydroxyl groups is 1. The second kappa shape index (κ2) is 4.30. The molecule has 0 aromatic carbocycles. The smallest absolute Gasteiger partial charge is 0.0436 e. The van der Waals surface area contributed by atoms with Crippen molar-refractivity contribution in [1.29, 1.82) is 0 Å². The van der Waals surface area contributed by atoms with Gasteiger partial charge in [-0.05, 0) is 68.2 Å². The molecule has 2 nitrogen and oxygen atoms in total. The molecule has 2 bridgehead atoms. The summed E-state index contributed by atoms with van der Waals surface area (Å²) in [6.45, 7) is 2.77. The van der Waals surface area contributed by atoms with Gasteiger partial charge in [-0.15, -0.1) is 0 Å². The molecular formula is C14H25NO. The Balaban J connectivity index is 1.38. The van der Waals surface area contributed by atoms with Crippen LogP contribution in [0.1, 0.15) is 44.9 Å². The number of rotatable bonds is 6. The molecule has 0 aromatic heterocycles. The quantitative estimate of drug-likeness (QED) is 0.723. The van der Waals surface area contributed by atoms with Crippen molar-refractivity contribution in [2.75, 3.05) is 19.7 Å². The minimum Gasteiger partial charge on any atom is -0.396 e. The molecular weight excluding hydrogens is 198 g/mol. The van der Waals surface area contributed by atoms with Crippen LogP contribution in [0.15, 0.2) is 0 Å². The van der Waals surface area contributed by atoms with E-state index in [1.165, 1.54) is 45.1 Å².